The van der Waals surface area contributed by atoms with Gasteiger partial charge in [0.25, 0.3) is 0 Å². The Morgan fingerprint density at radius 2 is 1.59 bits per heavy atom. The summed E-state index contributed by atoms with van der Waals surface area (Å²) >= 11 is 0. The van der Waals surface area contributed by atoms with Crippen molar-refractivity contribution in [3.05, 3.63) is 0 Å². The first kappa shape index (κ1) is 12.9. The minimum absolute atomic E-state index is 0.142. The highest BCUT2D eigenvalue weighted by atomic mass is 16.2. The molecule has 17 heavy (non-hydrogen) atoms. The molecule has 3 heteroatoms. The predicted molar refractivity (Wildman–Crippen MR) is 69.8 cm³/mol. The van der Waals surface area contributed by atoms with Crippen molar-refractivity contribution >= 4 is 5.91 Å². The minimum atomic E-state index is 0.142. The standard InChI is InChI=1S/C14H26N2O/c1-10(2)14(17)16-12-6-5-7-13(16)9-15(8-12)11(3)4/h10-13H,5-9H2,1-4H3. The van der Waals surface area contributed by atoms with Crippen LogP contribution in [0.2, 0.25) is 0 Å². The first-order valence-corrected chi connectivity index (χ1v) is 7.07. The number of nitrogens with zero attached hydrogens (tertiary/aromatic N) is 2. The van der Waals surface area contributed by atoms with E-state index in [2.05, 4.69) is 23.6 Å². The molecule has 2 atom stereocenters. The van der Waals surface area contributed by atoms with E-state index in [9.17, 15) is 4.79 Å². The van der Waals surface area contributed by atoms with Crippen molar-refractivity contribution in [1.82, 2.24) is 9.80 Å². The molecule has 0 radical (unpaired) electrons. The third kappa shape index (κ3) is 2.49. The Morgan fingerprint density at radius 3 is 2.00 bits per heavy atom. The van der Waals surface area contributed by atoms with E-state index in [0.717, 1.165) is 13.1 Å². The van der Waals surface area contributed by atoms with Gasteiger partial charge >= 0.3 is 0 Å². The van der Waals surface area contributed by atoms with Crippen LogP contribution in [0.4, 0.5) is 0 Å². The second-order valence-corrected chi connectivity index (χ2v) is 6.19. The van der Waals surface area contributed by atoms with Gasteiger partial charge in [-0.1, -0.05) is 13.8 Å². The summed E-state index contributed by atoms with van der Waals surface area (Å²) in [4.78, 5) is 17.1. The van der Waals surface area contributed by atoms with Gasteiger partial charge in [0.2, 0.25) is 5.91 Å². The highest BCUT2D eigenvalue weighted by Gasteiger charge is 2.40. The molecule has 0 saturated carbocycles. The van der Waals surface area contributed by atoms with Gasteiger partial charge in [-0.2, -0.15) is 0 Å². The van der Waals surface area contributed by atoms with E-state index in [4.69, 9.17) is 0 Å². The maximum atomic E-state index is 12.3. The molecule has 0 aromatic carbocycles. The highest BCUT2D eigenvalue weighted by Crippen LogP contribution is 2.30. The van der Waals surface area contributed by atoms with Crippen LogP contribution in [-0.4, -0.2) is 46.9 Å². The Kier molecular flexibility index (Phi) is 3.76. The van der Waals surface area contributed by atoms with Crippen molar-refractivity contribution in [1.29, 1.82) is 0 Å². The van der Waals surface area contributed by atoms with Crippen molar-refractivity contribution < 1.29 is 4.79 Å². The molecule has 0 aliphatic carbocycles. The second-order valence-electron chi connectivity index (χ2n) is 6.19. The van der Waals surface area contributed by atoms with E-state index in [1.54, 1.807) is 0 Å². The Hall–Kier alpha value is -0.570. The number of hydrogen-bond acceptors (Lipinski definition) is 2. The van der Waals surface area contributed by atoms with Crippen LogP contribution in [0.5, 0.6) is 0 Å². The Bertz CT molecular complexity index is 274. The molecule has 0 spiro atoms. The largest absolute Gasteiger partial charge is 0.334 e. The van der Waals surface area contributed by atoms with Gasteiger partial charge in [-0.15, -0.1) is 0 Å². The molecule has 2 aliphatic rings. The summed E-state index contributed by atoms with van der Waals surface area (Å²) in [6.45, 7) is 10.7. The van der Waals surface area contributed by atoms with E-state index < -0.39 is 0 Å². The number of fused-ring (bicyclic) bond motifs is 2. The summed E-state index contributed by atoms with van der Waals surface area (Å²) in [5.74, 6) is 0.506. The summed E-state index contributed by atoms with van der Waals surface area (Å²) in [5, 5.41) is 0. The van der Waals surface area contributed by atoms with Gasteiger partial charge in [0, 0.05) is 37.1 Å². The molecular formula is C14H26N2O. The number of piperazine rings is 1. The monoisotopic (exact) mass is 238 g/mol. The molecule has 0 aromatic rings. The zero-order valence-corrected chi connectivity index (χ0v) is 11.6. The van der Waals surface area contributed by atoms with Gasteiger partial charge in [-0.25, -0.2) is 0 Å². The lowest BCUT2D eigenvalue weighted by Crippen LogP contribution is -2.64. The molecule has 1 amide bonds. The maximum Gasteiger partial charge on any atom is 0.225 e. The van der Waals surface area contributed by atoms with Crippen LogP contribution >= 0.6 is 0 Å². The smallest absolute Gasteiger partial charge is 0.225 e. The van der Waals surface area contributed by atoms with Crippen LogP contribution in [0.3, 0.4) is 0 Å². The number of hydrogen-bond donors (Lipinski definition) is 0. The molecule has 2 heterocycles. The molecule has 0 N–H and O–H groups in total. The predicted octanol–water partition coefficient (Wildman–Crippen LogP) is 2.12. The number of likely N-dealkylation sites (tertiary alicyclic amines) is 1. The summed E-state index contributed by atoms with van der Waals surface area (Å²) < 4.78 is 0. The summed E-state index contributed by atoms with van der Waals surface area (Å²) in [6, 6.07) is 1.55. The molecule has 2 unspecified atom stereocenters. The zero-order valence-electron chi connectivity index (χ0n) is 11.6. The summed E-state index contributed by atoms with van der Waals surface area (Å²) in [5.41, 5.74) is 0. The molecule has 2 rings (SSSR count). The molecule has 98 valence electrons. The first-order valence-electron chi connectivity index (χ1n) is 7.07. The van der Waals surface area contributed by atoms with Crippen molar-refractivity contribution in [2.24, 2.45) is 5.92 Å². The lowest BCUT2D eigenvalue weighted by atomic mass is 9.89. The van der Waals surface area contributed by atoms with Crippen LogP contribution < -0.4 is 0 Å². The van der Waals surface area contributed by atoms with Crippen molar-refractivity contribution in [2.45, 2.75) is 65.1 Å². The van der Waals surface area contributed by atoms with E-state index in [1.165, 1.54) is 19.3 Å². The lowest BCUT2D eigenvalue weighted by Gasteiger charge is -2.51. The number of amides is 1. The molecular weight excluding hydrogens is 212 g/mol. The normalized spacial score (nSPS) is 30.1. The van der Waals surface area contributed by atoms with Crippen LogP contribution in [0.25, 0.3) is 0 Å². The quantitative estimate of drug-likeness (QED) is 0.735. The topological polar surface area (TPSA) is 23.6 Å². The highest BCUT2D eigenvalue weighted by molar-refractivity contribution is 5.79. The Labute approximate surface area is 105 Å². The van der Waals surface area contributed by atoms with Crippen molar-refractivity contribution in [2.75, 3.05) is 13.1 Å². The fraction of sp³-hybridized carbons (Fsp3) is 0.929. The number of piperidine rings is 1. The van der Waals surface area contributed by atoms with E-state index in [0.29, 0.717) is 24.0 Å². The van der Waals surface area contributed by atoms with Crippen LogP contribution in [0.1, 0.15) is 47.0 Å². The molecule has 2 aliphatic heterocycles. The second kappa shape index (κ2) is 4.97. The van der Waals surface area contributed by atoms with Crippen LogP contribution in [0, 0.1) is 5.92 Å². The van der Waals surface area contributed by atoms with E-state index in [-0.39, 0.29) is 5.92 Å². The third-order valence-corrected chi connectivity index (χ3v) is 4.23. The average molecular weight is 238 g/mol. The van der Waals surface area contributed by atoms with Crippen molar-refractivity contribution in [3.8, 4) is 0 Å². The van der Waals surface area contributed by atoms with Crippen molar-refractivity contribution in [3.63, 3.8) is 0 Å². The van der Waals surface area contributed by atoms with E-state index in [1.807, 2.05) is 13.8 Å². The van der Waals surface area contributed by atoms with E-state index >= 15 is 0 Å². The minimum Gasteiger partial charge on any atom is -0.334 e. The van der Waals surface area contributed by atoms with Crippen LogP contribution in [-0.2, 0) is 4.79 Å². The van der Waals surface area contributed by atoms with Gasteiger partial charge in [-0.05, 0) is 33.1 Å². The van der Waals surface area contributed by atoms with Gasteiger partial charge in [-0.3, -0.25) is 9.69 Å². The zero-order chi connectivity index (χ0) is 12.6. The number of carbonyl (C=O) groups is 1. The Balaban J connectivity index is 2.12. The Morgan fingerprint density at radius 1 is 1.06 bits per heavy atom. The summed E-state index contributed by atoms with van der Waals surface area (Å²) in [7, 11) is 0. The molecule has 2 saturated heterocycles. The molecule has 0 aromatic heterocycles. The summed E-state index contributed by atoms with van der Waals surface area (Å²) in [6.07, 6.45) is 3.68. The SMILES string of the molecule is CC(C)C(=O)N1C2CCCC1CN(C(C)C)C2. The first-order chi connectivity index (χ1) is 8.00. The molecule has 3 nitrogen and oxygen atoms in total. The molecule has 2 fully saturated rings. The van der Waals surface area contributed by atoms with Gasteiger partial charge < -0.3 is 4.90 Å². The lowest BCUT2D eigenvalue weighted by molar-refractivity contribution is -0.147. The van der Waals surface area contributed by atoms with Gasteiger partial charge in [0.1, 0.15) is 0 Å². The fourth-order valence-electron chi connectivity index (χ4n) is 3.22. The maximum absolute atomic E-state index is 12.3. The van der Waals surface area contributed by atoms with Gasteiger partial charge in [0.15, 0.2) is 0 Å². The van der Waals surface area contributed by atoms with Gasteiger partial charge in [0.05, 0.1) is 0 Å². The fourth-order valence-corrected chi connectivity index (χ4v) is 3.22. The number of rotatable bonds is 2. The average Bonchev–Trinajstić information content (AvgIpc) is 2.25. The number of carbonyl (C=O) groups excluding carboxylic acids is 1. The third-order valence-electron chi connectivity index (χ3n) is 4.23. The van der Waals surface area contributed by atoms with Crippen LogP contribution in [0.15, 0.2) is 0 Å². The molecule has 2 bridgehead atoms.